The number of carbonyl (C=O) groups excluding carboxylic acids is 1. The lowest BCUT2D eigenvalue weighted by Crippen LogP contribution is -2.30. The predicted molar refractivity (Wildman–Crippen MR) is 115 cm³/mol. The van der Waals surface area contributed by atoms with E-state index in [-0.39, 0.29) is 5.91 Å². The summed E-state index contributed by atoms with van der Waals surface area (Å²) in [6.45, 7) is 3.24. The highest BCUT2D eigenvalue weighted by atomic mass is 32.1. The molecule has 2 aromatic carbocycles. The van der Waals surface area contributed by atoms with Gasteiger partial charge in [0.1, 0.15) is 0 Å². The molecule has 1 aliphatic carbocycles. The molecule has 1 amide bonds. The molecule has 0 N–H and O–H groups in total. The van der Waals surface area contributed by atoms with Gasteiger partial charge >= 0.3 is 0 Å². The lowest BCUT2D eigenvalue weighted by Gasteiger charge is -2.19. The third kappa shape index (κ3) is 4.32. The van der Waals surface area contributed by atoms with Gasteiger partial charge < -0.3 is 0 Å². The van der Waals surface area contributed by atoms with E-state index in [4.69, 9.17) is 4.98 Å². The maximum atomic E-state index is 12.0. The van der Waals surface area contributed by atoms with Crippen LogP contribution in [0.25, 0.3) is 11.1 Å². The van der Waals surface area contributed by atoms with Gasteiger partial charge in [0, 0.05) is 31.4 Å². The van der Waals surface area contributed by atoms with Gasteiger partial charge in [-0.15, -0.1) is 11.3 Å². The lowest BCUT2D eigenvalue weighted by molar-refractivity contribution is -0.116. The van der Waals surface area contributed by atoms with Crippen molar-refractivity contribution in [1.29, 1.82) is 0 Å². The summed E-state index contributed by atoms with van der Waals surface area (Å²) in [5, 5.41) is 2.91. The van der Waals surface area contributed by atoms with E-state index >= 15 is 0 Å². The molecule has 0 unspecified atom stereocenters. The molecule has 1 heterocycles. The van der Waals surface area contributed by atoms with Crippen LogP contribution in [0.1, 0.15) is 31.0 Å². The van der Waals surface area contributed by atoms with Crippen molar-refractivity contribution in [2.24, 2.45) is 0 Å². The van der Waals surface area contributed by atoms with Gasteiger partial charge in [-0.05, 0) is 36.6 Å². The Morgan fingerprint density at radius 2 is 1.79 bits per heavy atom. The zero-order valence-corrected chi connectivity index (χ0v) is 17.2. The molecule has 0 saturated heterocycles. The average molecular weight is 392 g/mol. The normalized spacial score (nSPS) is 13.7. The van der Waals surface area contributed by atoms with E-state index in [2.05, 4.69) is 65.9 Å². The Morgan fingerprint density at radius 3 is 2.50 bits per heavy atom. The van der Waals surface area contributed by atoms with Crippen LogP contribution in [0.2, 0.25) is 0 Å². The molecule has 0 radical (unpaired) electrons. The van der Waals surface area contributed by atoms with Gasteiger partial charge in [-0.1, -0.05) is 54.6 Å². The number of aromatic nitrogens is 1. The van der Waals surface area contributed by atoms with Crippen molar-refractivity contribution in [2.75, 3.05) is 11.9 Å². The Balaban J connectivity index is 1.46. The van der Waals surface area contributed by atoms with Gasteiger partial charge in [0.15, 0.2) is 5.13 Å². The van der Waals surface area contributed by atoms with Crippen LogP contribution in [-0.4, -0.2) is 28.9 Å². The summed E-state index contributed by atoms with van der Waals surface area (Å²) in [5.41, 5.74) is 4.83. The highest BCUT2D eigenvalue weighted by Gasteiger charge is 2.33. The largest absolute Gasteiger partial charge is 0.296 e. The summed E-state index contributed by atoms with van der Waals surface area (Å²) in [6.07, 6.45) is 2.18. The number of benzene rings is 2. The first-order chi connectivity index (χ1) is 13.6. The smallest absolute Gasteiger partial charge is 0.225 e. The standard InChI is InChI=1S/C23H25N3OS/c1-17(27)26(21-12-13-21)23-24-20(16-28-23)15-25(2)14-19-10-6-7-11-22(19)18-8-4-3-5-9-18/h3-11,16,21H,12-15H2,1-2H3. The van der Waals surface area contributed by atoms with E-state index < -0.39 is 0 Å². The minimum Gasteiger partial charge on any atom is -0.296 e. The number of hydrogen-bond donors (Lipinski definition) is 0. The number of anilines is 1. The van der Waals surface area contributed by atoms with Crippen LogP contribution in [0.15, 0.2) is 60.0 Å². The molecule has 4 nitrogen and oxygen atoms in total. The zero-order chi connectivity index (χ0) is 19.5. The summed E-state index contributed by atoms with van der Waals surface area (Å²) >= 11 is 1.57. The first-order valence-electron chi connectivity index (χ1n) is 9.68. The van der Waals surface area contributed by atoms with Crippen molar-refractivity contribution in [2.45, 2.75) is 38.9 Å². The van der Waals surface area contributed by atoms with Crippen LogP contribution in [0, 0.1) is 0 Å². The van der Waals surface area contributed by atoms with Crippen molar-refractivity contribution in [3.05, 3.63) is 71.2 Å². The molecule has 0 aliphatic heterocycles. The van der Waals surface area contributed by atoms with Crippen LogP contribution >= 0.6 is 11.3 Å². The number of hydrogen-bond acceptors (Lipinski definition) is 4. The number of nitrogens with zero attached hydrogens (tertiary/aromatic N) is 3. The van der Waals surface area contributed by atoms with Gasteiger partial charge in [0.05, 0.1) is 5.69 Å². The highest BCUT2D eigenvalue weighted by molar-refractivity contribution is 7.14. The Bertz CT molecular complexity index is 949. The summed E-state index contributed by atoms with van der Waals surface area (Å²) in [6, 6.07) is 19.4. The Labute approximate surface area is 170 Å². The maximum Gasteiger partial charge on any atom is 0.225 e. The van der Waals surface area contributed by atoms with E-state index in [1.165, 1.54) is 16.7 Å². The molecule has 1 saturated carbocycles. The molecule has 4 rings (SSSR count). The highest BCUT2D eigenvalue weighted by Crippen LogP contribution is 2.34. The molecular weight excluding hydrogens is 366 g/mol. The quantitative estimate of drug-likeness (QED) is 0.571. The Hall–Kier alpha value is -2.50. The maximum absolute atomic E-state index is 12.0. The van der Waals surface area contributed by atoms with Crippen LogP contribution in [0.5, 0.6) is 0 Å². The van der Waals surface area contributed by atoms with Gasteiger partial charge in [0.2, 0.25) is 5.91 Å². The molecule has 5 heteroatoms. The molecule has 0 atom stereocenters. The minimum atomic E-state index is 0.0912. The third-order valence-electron chi connectivity index (χ3n) is 4.97. The lowest BCUT2D eigenvalue weighted by atomic mass is 9.99. The fourth-order valence-electron chi connectivity index (χ4n) is 3.54. The van der Waals surface area contributed by atoms with E-state index in [9.17, 15) is 4.79 Å². The summed E-state index contributed by atoms with van der Waals surface area (Å²) < 4.78 is 0. The second-order valence-electron chi connectivity index (χ2n) is 7.44. The van der Waals surface area contributed by atoms with E-state index in [0.717, 1.165) is 36.8 Å². The molecule has 1 aliphatic rings. The number of carbonyl (C=O) groups is 1. The Kier molecular flexibility index (Phi) is 5.55. The molecule has 3 aromatic rings. The van der Waals surface area contributed by atoms with Crippen molar-refractivity contribution in [3.63, 3.8) is 0 Å². The third-order valence-corrected chi connectivity index (χ3v) is 5.86. The topological polar surface area (TPSA) is 36.4 Å². The average Bonchev–Trinajstić information content (AvgIpc) is 3.41. The van der Waals surface area contributed by atoms with Crippen molar-refractivity contribution in [1.82, 2.24) is 9.88 Å². The van der Waals surface area contributed by atoms with Crippen LogP contribution < -0.4 is 4.90 Å². The van der Waals surface area contributed by atoms with Crippen molar-refractivity contribution < 1.29 is 4.79 Å². The van der Waals surface area contributed by atoms with Crippen LogP contribution in [-0.2, 0) is 17.9 Å². The minimum absolute atomic E-state index is 0.0912. The van der Waals surface area contributed by atoms with Crippen LogP contribution in [0.3, 0.4) is 0 Å². The summed E-state index contributed by atoms with van der Waals surface area (Å²) in [5.74, 6) is 0.0912. The number of thiazole rings is 1. The molecule has 0 spiro atoms. The summed E-state index contributed by atoms with van der Waals surface area (Å²) in [4.78, 5) is 20.8. The van der Waals surface area contributed by atoms with Gasteiger partial charge in [-0.25, -0.2) is 4.98 Å². The first kappa shape index (κ1) is 18.8. The van der Waals surface area contributed by atoms with Gasteiger partial charge in [-0.3, -0.25) is 14.6 Å². The molecular formula is C23H25N3OS. The second kappa shape index (κ2) is 8.25. The van der Waals surface area contributed by atoms with E-state index in [0.29, 0.717) is 6.04 Å². The van der Waals surface area contributed by atoms with Crippen molar-refractivity contribution in [3.8, 4) is 11.1 Å². The summed E-state index contributed by atoms with van der Waals surface area (Å²) in [7, 11) is 2.12. The zero-order valence-electron chi connectivity index (χ0n) is 16.3. The number of amides is 1. The molecule has 28 heavy (non-hydrogen) atoms. The second-order valence-corrected chi connectivity index (χ2v) is 8.27. The molecule has 144 valence electrons. The Morgan fingerprint density at radius 1 is 1.07 bits per heavy atom. The van der Waals surface area contributed by atoms with E-state index in [1.807, 2.05) is 11.0 Å². The van der Waals surface area contributed by atoms with E-state index in [1.54, 1.807) is 18.3 Å². The number of rotatable bonds is 7. The van der Waals surface area contributed by atoms with Crippen LogP contribution in [0.4, 0.5) is 5.13 Å². The molecule has 1 aromatic heterocycles. The fourth-order valence-corrected chi connectivity index (χ4v) is 4.47. The van der Waals surface area contributed by atoms with Gasteiger partial charge in [0.25, 0.3) is 0 Å². The first-order valence-corrected chi connectivity index (χ1v) is 10.6. The fraction of sp³-hybridized carbons (Fsp3) is 0.304. The van der Waals surface area contributed by atoms with Gasteiger partial charge in [-0.2, -0.15) is 0 Å². The monoisotopic (exact) mass is 391 g/mol. The van der Waals surface area contributed by atoms with Crippen molar-refractivity contribution >= 4 is 22.4 Å². The molecule has 1 fully saturated rings. The SMILES string of the molecule is CC(=O)N(c1nc(CN(C)Cc2ccccc2-c2ccccc2)cs1)C1CC1. The predicted octanol–water partition coefficient (Wildman–Crippen LogP) is 4.96. The molecule has 0 bridgehead atoms.